The lowest BCUT2D eigenvalue weighted by molar-refractivity contribution is -0.133. The molecule has 0 aliphatic heterocycles. The summed E-state index contributed by atoms with van der Waals surface area (Å²) in [7, 11) is 3.63. The molecule has 21 heavy (non-hydrogen) atoms. The summed E-state index contributed by atoms with van der Waals surface area (Å²) in [6.07, 6.45) is 3.14. The number of hydrogen-bond donors (Lipinski definition) is 0. The second kappa shape index (κ2) is 8.71. The maximum atomic E-state index is 12.2. The minimum Gasteiger partial charge on any atom is -0.494 e. The van der Waals surface area contributed by atoms with Crippen molar-refractivity contribution in [1.82, 2.24) is 4.90 Å². The first kappa shape index (κ1) is 17.5. The van der Waals surface area contributed by atoms with E-state index >= 15 is 0 Å². The van der Waals surface area contributed by atoms with Crippen LogP contribution < -0.4 is 4.74 Å². The molecule has 0 aliphatic rings. The van der Waals surface area contributed by atoms with E-state index in [1.54, 1.807) is 4.90 Å². The smallest absolute Gasteiger partial charge is 0.225 e. The van der Waals surface area contributed by atoms with Crippen LogP contribution in [0.1, 0.15) is 51.5 Å². The summed E-state index contributed by atoms with van der Waals surface area (Å²) in [4.78, 5) is 13.9. The van der Waals surface area contributed by atoms with Gasteiger partial charge in [0.15, 0.2) is 0 Å². The Balaban J connectivity index is 2.85. The molecule has 0 saturated carbocycles. The maximum Gasteiger partial charge on any atom is 0.225 e. The molecule has 0 unspecified atom stereocenters. The lowest BCUT2D eigenvalue weighted by Crippen LogP contribution is -2.31. The van der Waals surface area contributed by atoms with Gasteiger partial charge in [0.25, 0.3) is 0 Å². The Morgan fingerprint density at radius 1 is 1.29 bits per heavy atom. The Bertz CT molecular complexity index is 443. The van der Waals surface area contributed by atoms with E-state index in [0.717, 1.165) is 31.6 Å². The number of carbonyl (C=O) groups excluding carboxylic acids is 1. The number of ether oxygens (including phenoxy) is 1. The summed E-state index contributed by atoms with van der Waals surface area (Å²) < 4.78 is 5.77. The van der Waals surface area contributed by atoms with Crippen LogP contribution in [-0.2, 0) is 4.79 Å². The molecule has 1 amide bonds. The standard InChI is InChI=1S/C18H29NO2/c1-6-8-12-21-16-11-9-10-15(13-16)17(7-2)14(3)18(20)19(4)5/h9-11,13-14,17H,6-8,12H2,1-5H3/t14-,17-/m1/s1. The van der Waals surface area contributed by atoms with Gasteiger partial charge in [-0.25, -0.2) is 0 Å². The van der Waals surface area contributed by atoms with E-state index < -0.39 is 0 Å². The summed E-state index contributed by atoms with van der Waals surface area (Å²) in [6.45, 7) is 7.06. The zero-order valence-electron chi connectivity index (χ0n) is 14.1. The zero-order chi connectivity index (χ0) is 15.8. The van der Waals surface area contributed by atoms with Gasteiger partial charge >= 0.3 is 0 Å². The Hall–Kier alpha value is -1.51. The van der Waals surface area contributed by atoms with E-state index in [-0.39, 0.29) is 17.7 Å². The predicted molar refractivity (Wildman–Crippen MR) is 87.7 cm³/mol. The van der Waals surface area contributed by atoms with Gasteiger partial charge < -0.3 is 9.64 Å². The highest BCUT2D eigenvalue weighted by molar-refractivity contribution is 5.79. The third-order valence-corrected chi connectivity index (χ3v) is 3.93. The van der Waals surface area contributed by atoms with Gasteiger partial charge in [-0.2, -0.15) is 0 Å². The van der Waals surface area contributed by atoms with Gasteiger partial charge in [-0.15, -0.1) is 0 Å². The molecule has 118 valence electrons. The van der Waals surface area contributed by atoms with Gasteiger partial charge in [-0.3, -0.25) is 4.79 Å². The topological polar surface area (TPSA) is 29.5 Å². The van der Waals surface area contributed by atoms with Crippen molar-refractivity contribution in [1.29, 1.82) is 0 Å². The molecular weight excluding hydrogens is 262 g/mol. The molecule has 0 N–H and O–H groups in total. The zero-order valence-corrected chi connectivity index (χ0v) is 14.1. The van der Waals surface area contributed by atoms with Gasteiger partial charge in [0.05, 0.1) is 6.61 Å². The first-order chi connectivity index (χ1) is 10.0. The molecule has 1 rings (SSSR count). The molecule has 2 atom stereocenters. The van der Waals surface area contributed by atoms with E-state index in [0.29, 0.717) is 0 Å². The SMILES string of the molecule is CCCCOc1cccc([C@H](CC)[C@@H](C)C(=O)N(C)C)c1. The molecular formula is C18H29NO2. The molecule has 0 aliphatic carbocycles. The number of hydrogen-bond acceptors (Lipinski definition) is 2. The van der Waals surface area contributed by atoms with Crippen molar-refractivity contribution in [3.8, 4) is 5.75 Å². The van der Waals surface area contributed by atoms with Crippen LogP contribution in [0.15, 0.2) is 24.3 Å². The Kier molecular flexibility index (Phi) is 7.27. The van der Waals surface area contributed by atoms with E-state index in [2.05, 4.69) is 26.0 Å². The monoisotopic (exact) mass is 291 g/mol. The first-order valence-corrected chi connectivity index (χ1v) is 7.95. The molecule has 1 aromatic rings. The van der Waals surface area contributed by atoms with Crippen molar-refractivity contribution in [3.63, 3.8) is 0 Å². The molecule has 0 fully saturated rings. The molecule has 0 heterocycles. The minimum atomic E-state index is -0.0177. The minimum absolute atomic E-state index is 0.0177. The fourth-order valence-electron chi connectivity index (χ4n) is 2.63. The van der Waals surface area contributed by atoms with Crippen LogP contribution in [0.3, 0.4) is 0 Å². The molecule has 1 aromatic carbocycles. The summed E-state index contributed by atoms with van der Waals surface area (Å²) in [5.41, 5.74) is 1.19. The second-order valence-electron chi connectivity index (χ2n) is 5.81. The highest BCUT2D eigenvalue weighted by atomic mass is 16.5. The van der Waals surface area contributed by atoms with Crippen LogP contribution in [0.4, 0.5) is 0 Å². The molecule has 0 saturated heterocycles. The van der Waals surface area contributed by atoms with Gasteiger partial charge in [0.1, 0.15) is 5.75 Å². The van der Waals surface area contributed by atoms with Crippen molar-refractivity contribution < 1.29 is 9.53 Å². The Morgan fingerprint density at radius 3 is 2.57 bits per heavy atom. The van der Waals surface area contributed by atoms with Gasteiger partial charge in [0, 0.05) is 20.0 Å². The highest BCUT2D eigenvalue weighted by Gasteiger charge is 2.25. The van der Waals surface area contributed by atoms with Gasteiger partial charge in [-0.1, -0.05) is 39.3 Å². The molecule has 0 radical (unpaired) electrons. The van der Waals surface area contributed by atoms with Crippen LogP contribution in [0, 0.1) is 5.92 Å². The molecule has 3 heteroatoms. The van der Waals surface area contributed by atoms with Crippen LogP contribution >= 0.6 is 0 Å². The van der Waals surface area contributed by atoms with Crippen molar-refractivity contribution in [2.45, 2.75) is 46.0 Å². The quantitative estimate of drug-likeness (QED) is 0.675. The van der Waals surface area contributed by atoms with Crippen LogP contribution in [0.25, 0.3) is 0 Å². The van der Waals surface area contributed by atoms with Crippen molar-refractivity contribution >= 4 is 5.91 Å². The average molecular weight is 291 g/mol. The van der Waals surface area contributed by atoms with Crippen molar-refractivity contribution in [3.05, 3.63) is 29.8 Å². The van der Waals surface area contributed by atoms with E-state index in [4.69, 9.17) is 4.74 Å². The number of carbonyl (C=O) groups is 1. The number of unbranched alkanes of at least 4 members (excludes halogenated alkanes) is 1. The first-order valence-electron chi connectivity index (χ1n) is 7.95. The third-order valence-electron chi connectivity index (χ3n) is 3.93. The normalized spacial score (nSPS) is 13.6. The third kappa shape index (κ3) is 5.07. The van der Waals surface area contributed by atoms with Crippen LogP contribution in [0.5, 0.6) is 5.75 Å². The molecule has 0 spiro atoms. The fourth-order valence-corrected chi connectivity index (χ4v) is 2.63. The summed E-state index contributed by atoms with van der Waals surface area (Å²) in [5, 5.41) is 0. The summed E-state index contributed by atoms with van der Waals surface area (Å²) in [6, 6.07) is 8.19. The van der Waals surface area contributed by atoms with E-state index in [9.17, 15) is 4.79 Å². The maximum absolute atomic E-state index is 12.2. The van der Waals surface area contributed by atoms with Crippen LogP contribution in [-0.4, -0.2) is 31.5 Å². The summed E-state index contributed by atoms with van der Waals surface area (Å²) >= 11 is 0. The second-order valence-corrected chi connectivity index (χ2v) is 5.81. The van der Waals surface area contributed by atoms with Gasteiger partial charge in [0.2, 0.25) is 5.91 Å². The van der Waals surface area contributed by atoms with E-state index in [1.165, 1.54) is 5.56 Å². The molecule has 3 nitrogen and oxygen atoms in total. The number of nitrogens with zero attached hydrogens (tertiary/aromatic N) is 1. The van der Waals surface area contributed by atoms with Crippen LogP contribution in [0.2, 0.25) is 0 Å². The highest BCUT2D eigenvalue weighted by Crippen LogP contribution is 2.31. The fraction of sp³-hybridized carbons (Fsp3) is 0.611. The Labute approximate surface area is 129 Å². The predicted octanol–water partition coefficient (Wildman–Crippen LogP) is 4.08. The number of benzene rings is 1. The lowest BCUT2D eigenvalue weighted by Gasteiger charge is -2.25. The average Bonchev–Trinajstić information content (AvgIpc) is 2.47. The van der Waals surface area contributed by atoms with Crippen molar-refractivity contribution in [2.75, 3.05) is 20.7 Å². The molecule has 0 aromatic heterocycles. The lowest BCUT2D eigenvalue weighted by atomic mass is 9.84. The number of amides is 1. The molecule has 0 bridgehead atoms. The van der Waals surface area contributed by atoms with E-state index in [1.807, 2.05) is 33.2 Å². The van der Waals surface area contributed by atoms with Crippen molar-refractivity contribution in [2.24, 2.45) is 5.92 Å². The Morgan fingerprint density at radius 2 is 2.00 bits per heavy atom. The largest absolute Gasteiger partial charge is 0.494 e. The number of rotatable bonds is 8. The van der Waals surface area contributed by atoms with Gasteiger partial charge in [-0.05, 0) is 36.5 Å². The summed E-state index contributed by atoms with van der Waals surface area (Å²) in [5.74, 6) is 1.30.